The van der Waals surface area contributed by atoms with Crippen LogP contribution in [0.1, 0.15) is 37.1 Å². The van der Waals surface area contributed by atoms with Gasteiger partial charge < -0.3 is 10.2 Å². The van der Waals surface area contributed by atoms with E-state index >= 15 is 0 Å². The first-order valence-corrected chi connectivity index (χ1v) is 9.23. The molecule has 4 rings (SSSR count). The average molecular weight is 362 g/mol. The SMILES string of the molecule is CC(NCc1cc(=O)n2ccccc2n1)c1cccc(N2CCCC2=O)c1. The molecular weight excluding hydrogens is 340 g/mol. The normalized spacial score (nSPS) is 15.4. The molecule has 6 nitrogen and oxygen atoms in total. The van der Waals surface area contributed by atoms with Crippen LogP contribution in [-0.2, 0) is 11.3 Å². The number of nitrogens with zero attached hydrogens (tertiary/aromatic N) is 3. The summed E-state index contributed by atoms with van der Waals surface area (Å²) < 4.78 is 1.53. The number of fused-ring (bicyclic) bond motifs is 1. The fraction of sp³-hybridized carbons (Fsp3) is 0.286. The molecule has 6 heteroatoms. The number of hydrogen-bond acceptors (Lipinski definition) is 4. The maximum Gasteiger partial charge on any atom is 0.258 e. The van der Waals surface area contributed by atoms with Crippen LogP contribution >= 0.6 is 0 Å². The number of aromatic nitrogens is 2. The van der Waals surface area contributed by atoms with Crippen LogP contribution in [0, 0.1) is 0 Å². The van der Waals surface area contributed by atoms with E-state index in [-0.39, 0.29) is 17.5 Å². The first-order valence-electron chi connectivity index (χ1n) is 9.23. The third-order valence-electron chi connectivity index (χ3n) is 4.97. The fourth-order valence-corrected chi connectivity index (χ4v) is 3.45. The van der Waals surface area contributed by atoms with Gasteiger partial charge in [-0.2, -0.15) is 0 Å². The van der Waals surface area contributed by atoms with E-state index in [0.717, 1.165) is 24.2 Å². The molecule has 0 bridgehead atoms. The second-order valence-corrected chi connectivity index (χ2v) is 6.86. The van der Waals surface area contributed by atoms with Gasteiger partial charge in [0.15, 0.2) is 0 Å². The van der Waals surface area contributed by atoms with Crippen molar-refractivity contribution < 1.29 is 4.79 Å². The zero-order valence-electron chi connectivity index (χ0n) is 15.3. The Kier molecular flexibility index (Phi) is 4.73. The topological polar surface area (TPSA) is 66.7 Å². The van der Waals surface area contributed by atoms with E-state index in [9.17, 15) is 9.59 Å². The third-order valence-corrected chi connectivity index (χ3v) is 4.97. The third kappa shape index (κ3) is 3.61. The van der Waals surface area contributed by atoms with E-state index in [1.165, 1.54) is 4.40 Å². The highest BCUT2D eigenvalue weighted by atomic mass is 16.2. The molecule has 1 N–H and O–H groups in total. The molecule has 1 aromatic carbocycles. The van der Waals surface area contributed by atoms with Crippen molar-refractivity contribution in [3.05, 3.63) is 76.3 Å². The Hall–Kier alpha value is -2.99. The Morgan fingerprint density at radius 3 is 2.85 bits per heavy atom. The molecule has 138 valence electrons. The molecule has 3 aromatic rings. The van der Waals surface area contributed by atoms with E-state index in [2.05, 4.69) is 23.3 Å². The van der Waals surface area contributed by atoms with Crippen molar-refractivity contribution in [3.63, 3.8) is 0 Å². The van der Waals surface area contributed by atoms with E-state index in [1.54, 1.807) is 12.3 Å². The van der Waals surface area contributed by atoms with Crippen molar-refractivity contribution in [1.82, 2.24) is 14.7 Å². The molecule has 1 fully saturated rings. The van der Waals surface area contributed by atoms with Gasteiger partial charge in [0.05, 0.1) is 5.69 Å². The van der Waals surface area contributed by atoms with Crippen molar-refractivity contribution in [1.29, 1.82) is 0 Å². The smallest absolute Gasteiger partial charge is 0.258 e. The van der Waals surface area contributed by atoms with Crippen molar-refractivity contribution >= 4 is 17.2 Å². The molecule has 1 aliphatic heterocycles. The Morgan fingerprint density at radius 1 is 1.15 bits per heavy atom. The highest BCUT2D eigenvalue weighted by Crippen LogP contribution is 2.24. The summed E-state index contributed by atoms with van der Waals surface area (Å²) in [4.78, 5) is 30.6. The molecule has 3 heterocycles. The van der Waals surface area contributed by atoms with Crippen LogP contribution < -0.4 is 15.8 Å². The standard InChI is InChI=1S/C21H22N4O2/c1-15(16-6-4-7-18(12-16)24-11-5-9-20(24)26)22-14-17-13-21(27)25-10-3-2-8-19(25)23-17/h2-4,6-8,10,12-13,15,22H,5,9,11,14H2,1H3. The van der Waals surface area contributed by atoms with Gasteiger partial charge in [-0.1, -0.05) is 18.2 Å². The Balaban J connectivity index is 1.49. The van der Waals surface area contributed by atoms with Gasteiger partial charge in [-0.25, -0.2) is 4.98 Å². The van der Waals surface area contributed by atoms with Crippen LogP contribution in [0.15, 0.2) is 59.5 Å². The van der Waals surface area contributed by atoms with Crippen molar-refractivity contribution in [2.24, 2.45) is 0 Å². The summed E-state index contributed by atoms with van der Waals surface area (Å²) in [5.41, 5.74) is 3.32. The number of carbonyl (C=O) groups is 1. The van der Waals surface area contributed by atoms with Gasteiger partial charge in [0.2, 0.25) is 5.91 Å². The van der Waals surface area contributed by atoms with Crippen LogP contribution in [0.4, 0.5) is 5.69 Å². The lowest BCUT2D eigenvalue weighted by Gasteiger charge is -2.19. The molecular formula is C21H22N4O2. The van der Waals surface area contributed by atoms with E-state index in [1.807, 2.05) is 41.3 Å². The molecule has 1 unspecified atom stereocenters. The van der Waals surface area contributed by atoms with Gasteiger partial charge in [-0.15, -0.1) is 0 Å². The summed E-state index contributed by atoms with van der Waals surface area (Å²) in [6.07, 6.45) is 3.26. The van der Waals surface area contributed by atoms with Gasteiger partial charge in [-0.05, 0) is 43.2 Å². The first kappa shape index (κ1) is 17.4. The average Bonchev–Trinajstić information content (AvgIpc) is 3.12. The number of carbonyl (C=O) groups excluding carboxylic acids is 1. The van der Waals surface area contributed by atoms with Crippen molar-refractivity contribution in [2.75, 3.05) is 11.4 Å². The second-order valence-electron chi connectivity index (χ2n) is 6.86. The van der Waals surface area contributed by atoms with Gasteiger partial charge >= 0.3 is 0 Å². The summed E-state index contributed by atoms with van der Waals surface area (Å²) in [7, 11) is 0. The highest BCUT2D eigenvalue weighted by Gasteiger charge is 2.22. The number of benzene rings is 1. The van der Waals surface area contributed by atoms with Crippen LogP contribution in [0.2, 0.25) is 0 Å². The van der Waals surface area contributed by atoms with Crippen LogP contribution in [-0.4, -0.2) is 21.8 Å². The second kappa shape index (κ2) is 7.32. The molecule has 0 spiro atoms. The molecule has 2 aromatic heterocycles. The summed E-state index contributed by atoms with van der Waals surface area (Å²) in [6.45, 7) is 3.35. The molecule has 1 aliphatic rings. The number of amides is 1. The highest BCUT2D eigenvalue weighted by molar-refractivity contribution is 5.95. The van der Waals surface area contributed by atoms with Crippen molar-refractivity contribution in [3.8, 4) is 0 Å². The number of nitrogens with one attached hydrogen (secondary N) is 1. The number of anilines is 1. The van der Waals surface area contributed by atoms with Gasteiger partial charge in [0.25, 0.3) is 5.56 Å². The molecule has 1 saturated heterocycles. The Labute approximate surface area is 157 Å². The lowest BCUT2D eigenvalue weighted by Crippen LogP contribution is -2.25. The largest absolute Gasteiger partial charge is 0.312 e. The van der Waals surface area contributed by atoms with Crippen LogP contribution in [0.3, 0.4) is 0 Å². The predicted octanol–water partition coefficient (Wildman–Crippen LogP) is 2.67. The van der Waals surface area contributed by atoms with Crippen LogP contribution in [0.5, 0.6) is 0 Å². The van der Waals surface area contributed by atoms with Gasteiger partial charge in [-0.3, -0.25) is 14.0 Å². The van der Waals surface area contributed by atoms with Crippen LogP contribution in [0.25, 0.3) is 5.65 Å². The summed E-state index contributed by atoms with van der Waals surface area (Å²) in [5, 5.41) is 3.42. The quantitative estimate of drug-likeness (QED) is 0.758. The van der Waals surface area contributed by atoms with E-state index in [0.29, 0.717) is 24.3 Å². The minimum atomic E-state index is -0.0837. The van der Waals surface area contributed by atoms with Crippen molar-refractivity contribution in [2.45, 2.75) is 32.4 Å². The molecule has 0 radical (unpaired) electrons. The van der Waals surface area contributed by atoms with E-state index in [4.69, 9.17) is 0 Å². The zero-order valence-corrected chi connectivity index (χ0v) is 15.3. The maximum atomic E-state index is 12.2. The molecule has 1 amide bonds. The van der Waals surface area contributed by atoms with Gasteiger partial charge in [0, 0.05) is 43.5 Å². The number of pyridine rings is 1. The van der Waals surface area contributed by atoms with Gasteiger partial charge in [0.1, 0.15) is 5.65 Å². The van der Waals surface area contributed by atoms with E-state index < -0.39 is 0 Å². The maximum absolute atomic E-state index is 12.2. The minimum absolute atomic E-state index is 0.0682. The molecule has 27 heavy (non-hydrogen) atoms. The molecule has 0 saturated carbocycles. The zero-order chi connectivity index (χ0) is 18.8. The summed E-state index contributed by atoms with van der Waals surface area (Å²) >= 11 is 0. The fourth-order valence-electron chi connectivity index (χ4n) is 3.45. The minimum Gasteiger partial charge on any atom is -0.312 e. The lowest BCUT2D eigenvalue weighted by atomic mass is 10.1. The predicted molar refractivity (Wildman–Crippen MR) is 105 cm³/mol. The monoisotopic (exact) mass is 362 g/mol. The number of hydrogen-bond donors (Lipinski definition) is 1. The summed E-state index contributed by atoms with van der Waals surface area (Å²) in [5.74, 6) is 0.189. The Bertz CT molecular complexity index is 1040. The number of rotatable bonds is 5. The molecule has 1 atom stereocenters. The summed E-state index contributed by atoms with van der Waals surface area (Å²) in [6, 6.07) is 15.2. The Morgan fingerprint density at radius 2 is 2.04 bits per heavy atom. The lowest BCUT2D eigenvalue weighted by molar-refractivity contribution is -0.117. The molecule has 0 aliphatic carbocycles. The first-order chi connectivity index (χ1) is 13.1.